The van der Waals surface area contributed by atoms with Crippen LogP contribution in [-0.4, -0.2) is 9.55 Å². The van der Waals surface area contributed by atoms with Gasteiger partial charge in [-0.05, 0) is 59.7 Å². The summed E-state index contributed by atoms with van der Waals surface area (Å²) in [7, 11) is 0. The lowest BCUT2D eigenvalue weighted by Crippen LogP contribution is -1.94. The molecule has 0 fully saturated rings. The number of hydrogen-bond donors (Lipinski definition) is 1. The molecule has 9 rings (SSSR count). The summed E-state index contributed by atoms with van der Waals surface area (Å²) in [5.41, 5.74) is 10.0. The first-order valence-corrected chi connectivity index (χ1v) is 13.3. The molecule has 182 valence electrons. The number of hydrogen-bond acceptors (Lipinski definition) is 1. The Bertz CT molecular complexity index is 2390. The number of furan rings is 1. The molecule has 0 aliphatic heterocycles. The van der Waals surface area contributed by atoms with Gasteiger partial charge >= 0.3 is 0 Å². The van der Waals surface area contributed by atoms with Crippen LogP contribution in [0.2, 0.25) is 0 Å². The maximum Gasteiger partial charge on any atom is 0.135 e. The molecule has 39 heavy (non-hydrogen) atoms. The molecule has 9 aromatic rings. The van der Waals surface area contributed by atoms with E-state index in [4.69, 9.17) is 4.42 Å². The van der Waals surface area contributed by atoms with E-state index in [9.17, 15) is 0 Å². The Morgan fingerprint density at radius 3 is 2.13 bits per heavy atom. The molecule has 0 bridgehead atoms. The summed E-state index contributed by atoms with van der Waals surface area (Å²) in [5, 5.41) is 7.25. The fourth-order valence-electron chi connectivity index (χ4n) is 6.37. The second-order valence-electron chi connectivity index (χ2n) is 10.3. The molecule has 0 aliphatic carbocycles. The number of rotatable bonds is 2. The van der Waals surface area contributed by atoms with E-state index in [-0.39, 0.29) is 0 Å². The summed E-state index contributed by atoms with van der Waals surface area (Å²) < 4.78 is 8.72. The monoisotopic (exact) mass is 498 g/mol. The van der Waals surface area contributed by atoms with Gasteiger partial charge in [0.15, 0.2) is 0 Å². The molecular formula is C36H22N2O. The third-order valence-corrected chi connectivity index (χ3v) is 8.12. The molecule has 0 spiro atoms. The fraction of sp³-hybridized carbons (Fsp3) is 0. The highest BCUT2D eigenvalue weighted by Crippen LogP contribution is 2.41. The molecule has 0 atom stereocenters. The molecule has 0 saturated heterocycles. The van der Waals surface area contributed by atoms with Crippen molar-refractivity contribution in [1.29, 1.82) is 0 Å². The predicted octanol–water partition coefficient (Wildman–Crippen LogP) is 9.98. The Kier molecular flexibility index (Phi) is 4.05. The number of nitrogens with one attached hydrogen (secondary N) is 1. The van der Waals surface area contributed by atoms with Gasteiger partial charge in [0.1, 0.15) is 11.2 Å². The molecule has 6 aromatic carbocycles. The molecule has 0 saturated carbocycles. The summed E-state index contributed by atoms with van der Waals surface area (Å²) in [6.45, 7) is 0. The van der Waals surface area contributed by atoms with E-state index in [1.54, 1.807) is 0 Å². The summed E-state index contributed by atoms with van der Waals surface area (Å²) in [6, 6.07) is 45.3. The third-order valence-electron chi connectivity index (χ3n) is 8.12. The van der Waals surface area contributed by atoms with E-state index in [1.807, 2.05) is 0 Å². The van der Waals surface area contributed by atoms with Crippen LogP contribution in [0.5, 0.6) is 0 Å². The van der Waals surface area contributed by atoms with Crippen molar-refractivity contribution in [2.75, 3.05) is 0 Å². The van der Waals surface area contributed by atoms with Crippen molar-refractivity contribution >= 4 is 65.6 Å². The first kappa shape index (κ1) is 20.7. The van der Waals surface area contributed by atoms with Gasteiger partial charge in [0, 0.05) is 49.0 Å². The number of fused-ring (bicyclic) bond motifs is 10. The zero-order valence-corrected chi connectivity index (χ0v) is 21.0. The van der Waals surface area contributed by atoms with Crippen LogP contribution in [0.4, 0.5) is 0 Å². The highest BCUT2D eigenvalue weighted by atomic mass is 16.3. The number of nitrogens with zero attached hydrogens (tertiary/aromatic N) is 1. The lowest BCUT2D eigenvalue weighted by Gasteiger charge is -2.09. The average Bonchev–Trinajstić information content (AvgIpc) is 3.66. The second kappa shape index (κ2) is 7.62. The minimum absolute atomic E-state index is 0.900. The van der Waals surface area contributed by atoms with E-state index in [1.165, 1.54) is 43.7 Å². The number of aromatic amines is 1. The minimum Gasteiger partial charge on any atom is -0.456 e. The van der Waals surface area contributed by atoms with Gasteiger partial charge in [-0.3, -0.25) is 0 Å². The number of aromatic nitrogens is 2. The zero-order valence-electron chi connectivity index (χ0n) is 21.0. The van der Waals surface area contributed by atoms with Crippen LogP contribution in [0.1, 0.15) is 0 Å². The average molecular weight is 499 g/mol. The fourth-order valence-corrected chi connectivity index (χ4v) is 6.37. The van der Waals surface area contributed by atoms with Crippen molar-refractivity contribution in [3.8, 4) is 16.8 Å². The van der Waals surface area contributed by atoms with Crippen LogP contribution in [0.3, 0.4) is 0 Å². The Hall–Kier alpha value is -5.28. The second-order valence-corrected chi connectivity index (χ2v) is 10.3. The van der Waals surface area contributed by atoms with Gasteiger partial charge in [-0.15, -0.1) is 0 Å². The number of H-pyrrole nitrogens is 1. The summed E-state index contributed by atoms with van der Waals surface area (Å²) in [5.74, 6) is 0. The molecule has 0 aliphatic rings. The molecule has 0 amide bonds. The van der Waals surface area contributed by atoms with Gasteiger partial charge in [-0.25, -0.2) is 0 Å². The van der Waals surface area contributed by atoms with Crippen LogP contribution in [-0.2, 0) is 0 Å². The van der Waals surface area contributed by atoms with Crippen molar-refractivity contribution in [2.24, 2.45) is 0 Å². The van der Waals surface area contributed by atoms with Gasteiger partial charge in [-0.1, -0.05) is 78.9 Å². The number of para-hydroxylation sites is 2. The SMILES string of the molecule is c1ccc(-c2ccc3oc4ccc(-n5c6ccccc6c6ccc7[nH]c8ccccc8c7c65)cc4c3c2)cc1. The summed E-state index contributed by atoms with van der Waals surface area (Å²) in [6.07, 6.45) is 0. The van der Waals surface area contributed by atoms with Crippen molar-refractivity contribution in [2.45, 2.75) is 0 Å². The molecule has 3 nitrogen and oxygen atoms in total. The Labute approximate surface area is 223 Å². The maximum atomic E-state index is 6.29. The van der Waals surface area contributed by atoms with E-state index in [0.717, 1.165) is 38.7 Å². The van der Waals surface area contributed by atoms with Crippen molar-refractivity contribution < 1.29 is 4.42 Å². The molecule has 3 aromatic heterocycles. The quantitative estimate of drug-likeness (QED) is 0.253. The standard InChI is InChI=1S/C36H22N2O/c1-2-8-22(9-3-1)23-14-18-33-28(20-23)29-21-24(15-19-34(29)39-33)38-32-13-7-5-10-25(32)26-16-17-31-35(36(26)38)27-11-4-6-12-30(27)37-31/h1-21,37H. The Morgan fingerprint density at radius 2 is 1.23 bits per heavy atom. The van der Waals surface area contributed by atoms with E-state index in [2.05, 4.69) is 137 Å². The van der Waals surface area contributed by atoms with Gasteiger partial charge in [0.05, 0.1) is 11.0 Å². The van der Waals surface area contributed by atoms with Crippen LogP contribution in [0.15, 0.2) is 132 Å². The van der Waals surface area contributed by atoms with E-state index < -0.39 is 0 Å². The van der Waals surface area contributed by atoms with Crippen LogP contribution in [0, 0.1) is 0 Å². The predicted molar refractivity (Wildman–Crippen MR) is 163 cm³/mol. The Morgan fingerprint density at radius 1 is 0.487 bits per heavy atom. The largest absolute Gasteiger partial charge is 0.456 e. The zero-order chi connectivity index (χ0) is 25.5. The van der Waals surface area contributed by atoms with Gasteiger partial charge in [-0.2, -0.15) is 0 Å². The van der Waals surface area contributed by atoms with Crippen molar-refractivity contribution in [3.63, 3.8) is 0 Å². The lowest BCUT2D eigenvalue weighted by atomic mass is 10.0. The minimum atomic E-state index is 0.900. The van der Waals surface area contributed by atoms with Gasteiger partial charge in [0.25, 0.3) is 0 Å². The molecule has 0 radical (unpaired) electrons. The van der Waals surface area contributed by atoms with Crippen molar-refractivity contribution in [3.05, 3.63) is 127 Å². The van der Waals surface area contributed by atoms with Crippen LogP contribution < -0.4 is 0 Å². The maximum absolute atomic E-state index is 6.29. The van der Waals surface area contributed by atoms with Gasteiger partial charge < -0.3 is 14.0 Å². The topological polar surface area (TPSA) is 33.9 Å². The molecule has 3 heterocycles. The normalized spacial score (nSPS) is 12.1. The molecule has 1 N–H and O–H groups in total. The highest BCUT2D eigenvalue weighted by Gasteiger charge is 2.18. The van der Waals surface area contributed by atoms with Crippen molar-refractivity contribution in [1.82, 2.24) is 9.55 Å². The van der Waals surface area contributed by atoms with E-state index >= 15 is 0 Å². The van der Waals surface area contributed by atoms with Crippen LogP contribution in [0.25, 0.3) is 82.4 Å². The highest BCUT2D eigenvalue weighted by molar-refractivity contribution is 6.25. The molecule has 3 heteroatoms. The Balaban J connectivity index is 1.39. The van der Waals surface area contributed by atoms with E-state index in [0.29, 0.717) is 0 Å². The van der Waals surface area contributed by atoms with Gasteiger partial charge in [0.2, 0.25) is 0 Å². The third kappa shape index (κ3) is 2.87. The molecule has 0 unspecified atom stereocenters. The first-order valence-electron chi connectivity index (χ1n) is 13.3. The smallest absolute Gasteiger partial charge is 0.135 e. The lowest BCUT2D eigenvalue weighted by molar-refractivity contribution is 0.669. The van der Waals surface area contributed by atoms with Crippen LogP contribution >= 0.6 is 0 Å². The first-order chi connectivity index (χ1) is 19.3. The number of benzene rings is 6. The molecular weight excluding hydrogens is 476 g/mol. The summed E-state index contributed by atoms with van der Waals surface area (Å²) in [4.78, 5) is 3.64. The summed E-state index contributed by atoms with van der Waals surface area (Å²) >= 11 is 0.